The van der Waals surface area contributed by atoms with Crippen molar-refractivity contribution < 1.29 is 18.0 Å². The molecule has 9 heteroatoms. The monoisotopic (exact) mass is 388 g/mol. The van der Waals surface area contributed by atoms with E-state index in [0.29, 0.717) is 10.9 Å². The molecule has 0 unspecified atom stereocenters. The van der Waals surface area contributed by atoms with Crippen LogP contribution in [0.1, 0.15) is 28.8 Å². The zero-order valence-corrected chi connectivity index (χ0v) is 15.5. The van der Waals surface area contributed by atoms with E-state index in [1.165, 1.54) is 17.8 Å². The SMILES string of the molecule is CSc1nc(Oc2c(C)cc(/C=C/C#N)cc2C)c2c(C(F)F)noc2n1. The topological polar surface area (TPSA) is 84.8 Å². The van der Waals surface area contributed by atoms with Crippen molar-refractivity contribution in [2.45, 2.75) is 25.4 Å². The number of thioether (sulfide) groups is 1. The molecule has 0 fully saturated rings. The Bertz CT molecular complexity index is 1050. The van der Waals surface area contributed by atoms with Crippen LogP contribution in [0.3, 0.4) is 0 Å². The Hall–Kier alpha value is -2.99. The fraction of sp³-hybridized carbons (Fsp3) is 0.222. The highest BCUT2D eigenvalue weighted by molar-refractivity contribution is 7.98. The van der Waals surface area contributed by atoms with Gasteiger partial charge in [-0.2, -0.15) is 15.2 Å². The van der Waals surface area contributed by atoms with Crippen molar-refractivity contribution >= 4 is 28.9 Å². The van der Waals surface area contributed by atoms with Crippen LogP contribution in [0.15, 0.2) is 27.9 Å². The number of aromatic nitrogens is 3. The Kier molecular flexibility index (Phi) is 5.37. The summed E-state index contributed by atoms with van der Waals surface area (Å²) in [4.78, 5) is 8.28. The minimum absolute atomic E-state index is 0.0348. The molecule has 0 amide bonds. The average Bonchev–Trinajstić information content (AvgIpc) is 3.07. The van der Waals surface area contributed by atoms with Gasteiger partial charge in [-0.1, -0.05) is 16.9 Å². The fourth-order valence-electron chi connectivity index (χ4n) is 2.61. The molecule has 0 atom stereocenters. The summed E-state index contributed by atoms with van der Waals surface area (Å²) in [5.41, 5.74) is 1.75. The van der Waals surface area contributed by atoms with Crippen LogP contribution in [0.2, 0.25) is 0 Å². The molecule has 2 heterocycles. The molecule has 6 nitrogen and oxygen atoms in total. The molecule has 0 saturated carbocycles. The quantitative estimate of drug-likeness (QED) is 0.336. The summed E-state index contributed by atoms with van der Waals surface area (Å²) in [6.45, 7) is 3.64. The van der Waals surface area contributed by atoms with Crippen LogP contribution in [-0.2, 0) is 0 Å². The van der Waals surface area contributed by atoms with Gasteiger partial charge in [0.25, 0.3) is 12.1 Å². The van der Waals surface area contributed by atoms with E-state index in [9.17, 15) is 8.78 Å². The van der Waals surface area contributed by atoms with Gasteiger partial charge >= 0.3 is 0 Å². The Labute approximate surface area is 157 Å². The largest absolute Gasteiger partial charge is 0.437 e. The van der Waals surface area contributed by atoms with E-state index < -0.39 is 12.1 Å². The Balaban J connectivity index is 2.12. The number of allylic oxidation sites excluding steroid dienone is 1. The lowest BCUT2D eigenvalue weighted by molar-refractivity contribution is 0.142. The summed E-state index contributed by atoms with van der Waals surface area (Å²) in [6, 6.07) is 5.59. The summed E-state index contributed by atoms with van der Waals surface area (Å²) in [5.74, 6) is 0.449. The second-order valence-corrected chi connectivity index (χ2v) is 6.39. The molecular formula is C18H14F2N4O2S. The highest BCUT2D eigenvalue weighted by Crippen LogP contribution is 2.37. The van der Waals surface area contributed by atoms with E-state index >= 15 is 0 Å². The average molecular weight is 388 g/mol. The number of ether oxygens (including phenoxy) is 1. The lowest BCUT2D eigenvalue weighted by Gasteiger charge is -2.13. The van der Waals surface area contributed by atoms with Crippen molar-refractivity contribution in [3.63, 3.8) is 0 Å². The van der Waals surface area contributed by atoms with Gasteiger partial charge in [0.15, 0.2) is 10.9 Å². The predicted octanol–water partition coefficient (Wildman–Crippen LogP) is 5.22. The molecule has 3 aromatic rings. The van der Waals surface area contributed by atoms with Crippen LogP contribution in [0, 0.1) is 25.2 Å². The highest BCUT2D eigenvalue weighted by Gasteiger charge is 2.25. The summed E-state index contributed by atoms with van der Waals surface area (Å²) in [5, 5.41) is 12.3. The Morgan fingerprint density at radius 1 is 1.26 bits per heavy atom. The van der Waals surface area contributed by atoms with Gasteiger partial charge in [-0.25, -0.2) is 8.78 Å². The van der Waals surface area contributed by atoms with Gasteiger partial charge in [0.1, 0.15) is 11.1 Å². The molecule has 138 valence electrons. The lowest BCUT2D eigenvalue weighted by Crippen LogP contribution is -1.98. The first-order valence-corrected chi connectivity index (χ1v) is 9.01. The van der Waals surface area contributed by atoms with Crippen LogP contribution in [0.4, 0.5) is 8.78 Å². The lowest BCUT2D eigenvalue weighted by atomic mass is 10.1. The zero-order valence-electron chi connectivity index (χ0n) is 14.7. The van der Waals surface area contributed by atoms with E-state index in [4.69, 9.17) is 14.5 Å². The molecule has 0 saturated heterocycles. The zero-order chi connectivity index (χ0) is 19.6. The van der Waals surface area contributed by atoms with E-state index in [1.807, 2.05) is 32.0 Å². The molecule has 0 aliphatic carbocycles. The molecular weight excluding hydrogens is 374 g/mol. The van der Waals surface area contributed by atoms with E-state index in [0.717, 1.165) is 16.7 Å². The number of benzene rings is 1. The summed E-state index contributed by atoms with van der Waals surface area (Å²) in [6.07, 6.45) is 1.95. The van der Waals surface area contributed by atoms with Crippen LogP contribution < -0.4 is 4.74 Å². The van der Waals surface area contributed by atoms with Gasteiger partial charge in [0.2, 0.25) is 5.88 Å². The number of halogens is 2. The third-order valence-corrected chi connectivity index (χ3v) is 4.28. The minimum atomic E-state index is -2.85. The van der Waals surface area contributed by atoms with Crippen LogP contribution in [0.25, 0.3) is 17.2 Å². The van der Waals surface area contributed by atoms with Gasteiger partial charge in [-0.05, 0) is 55.0 Å². The van der Waals surface area contributed by atoms with E-state index in [1.54, 1.807) is 12.3 Å². The van der Waals surface area contributed by atoms with Gasteiger partial charge < -0.3 is 9.26 Å². The number of nitriles is 1. The van der Waals surface area contributed by atoms with Crippen molar-refractivity contribution in [3.05, 3.63) is 40.6 Å². The third-order valence-electron chi connectivity index (χ3n) is 3.73. The van der Waals surface area contributed by atoms with Crippen molar-refractivity contribution in [2.75, 3.05) is 6.26 Å². The molecule has 0 aliphatic rings. The van der Waals surface area contributed by atoms with E-state index in [-0.39, 0.29) is 17.0 Å². The van der Waals surface area contributed by atoms with Gasteiger partial charge in [0, 0.05) is 6.08 Å². The first-order valence-electron chi connectivity index (χ1n) is 7.79. The standard InChI is InChI=1S/C18H14F2N4O2S/c1-9-7-11(5-4-6-21)8-10(2)14(9)25-16-12-13(15(19)20)24-26-17(12)23-18(22-16)27-3/h4-5,7-8,15H,1-3H3/b5-4+. The molecule has 0 aliphatic heterocycles. The summed E-state index contributed by atoms with van der Waals surface area (Å²) >= 11 is 1.23. The van der Waals surface area contributed by atoms with E-state index in [2.05, 4.69) is 15.1 Å². The molecule has 0 bridgehead atoms. The van der Waals surface area contributed by atoms with Crippen LogP contribution >= 0.6 is 11.8 Å². The van der Waals surface area contributed by atoms with Crippen molar-refractivity contribution in [1.29, 1.82) is 5.26 Å². The second kappa shape index (κ2) is 7.72. The number of alkyl halides is 2. The third kappa shape index (κ3) is 3.75. The van der Waals surface area contributed by atoms with Crippen molar-refractivity contribution in [2.24, 2.45) is 0 Å². The first-order chi connectivity index (χ1) is 12.9. The number of rotatable bonds is 5. The van der Waals surface area contributed by atoms with Gasteiger partial charge in [0.05, 0.1) is 6.07 Å². The van der Waals surface area contributed by atoms with Crippen LogP contribution in [0.5, 0.6) is 11.6 Å². The smallest absolute Gasteiger partial charge is 0.284 e. The molecule has 27 heavy (non-hydrogen) atoms. The Morgan fingerprint density at radius 3 is 2.56 bits per heavy atom. The second-order valence-electron chi connectivity index (χ2n) is 5.61. The predicted molar refractivity (Wildman–Crippen MR) is 97.0 cm³/mol. The number of hydrogen-bond donors (Lipinski definition) is 0. The Morgan fingerprint density at radius 2 is 1.96 bits per heavy atom. The van der Waals surface area contributed by atoms with Crippen molar-refractivity contribution in [3.8, 4) is 17.7 Å². The molecule has 0 N–H and O–H groups in total. The van der Waals surface area contributed by atoms with Crippen molar-refractivity contribution in [1.82, 2.24) is 15.1 Å². The first kappa shape index (κ1) is 18.8. The normalized spacial score (nSPS) is 11.4. The molecule has 1 aromatic carbocycles. The number of hydrogen-bond acceptors (Lipinski definition) is 7. The summed E-state index contributed by atoms with van der Waals surface area (Å²) < 4.78 is 37.4. The number of aryl methyl sites for hydroxylation is 2. The van der Waals surface area contributed by atoms with Crippen LogP contribution in [-0.4, -0.2) is 21.4 Å². The fourth-order valence-corrected chi connectivity index (χ4v) is 2.96. The number of fused-ring (bicyclic) bond motifs is 1. The molecule has 2 aromatic heterocycles. The maximum atomic E-state index is 13.3. The highest BCUT2D eigenvalue weighted by atomic mass is 32.2. The maximum Gasteiger partial charge on any atom is 0.284 e. The van der Waals surface area contributed by atoms with Gasteiger partial charge in [-0.3, -0.25) is 0 Å². The molecule has 3 rings (SSSR count). The maximum absolute atomic E-state index is 13.3. The summed E-state index contributed by atoms with van der Waals surface area (Å²) in [7, 11) is 0. The van der Waals surface area contributed by atoms with Gasteiger partial charge in [-0.15, -0.1) is 0 Å². The molecule has 0 radical (unpaired) electrons. The number of nitrogens with zero attached hydrogens (tertiary/aromatic N) is 4. The molecule has 0 spiro atoms. The minimum Gasteiger partial charge on any atom is -0.437 e.